The lowest BCUT2D eigenvalue weighted by Gasteiger charge is -2.05. The van der Waals surface area contributed by atoms with Crippen LogP contribution in [0.15, 0.2) is 34.9 Å². The fourth-order valence-electron chi connectivity index (χ4n) is 1.77. The summed E-state index contributed by atoms with van der Waals surface area (Å²) >= 11 is 0. The van der Waals surface area contributed by atoms with Gasteiger partial charge in [-0.05, 0) is 12.1 Å². The van der Waals surface area contributed by atoms with Crippen LogP contribution in [0, 0.1) is 0 Å². The lowest BCUT2D eigenvalue weighted by molar-refractivity contribution is 0.352. The number of hydrogen-bond donors (Lipinski definition) is 1. The molecule has 2 rings (SSSR count). The van der Waals surface area contributed by atoms with Gasteiger partial charge in [0.05, 0.1) is 0 Å². The lowest BCUT2D eigenvalue weighted by Crippen LogP contribution is -2.19. The molecule has 0 saturated carbocycles. The van der Waals surface area contributed by atoms with Gasteiger partial charge in [-0.15, -0.1) is 0 Å². The first kappa shape index (κ1) is 12.8. The molecule has 0 fully saturated rings. The first-order valence-corrected chi connectivity index (χ1v) is 6.36. The van der Waals surface area contributed by atoms with E-state index in [4.69, 9.17) is 4.52 Å². The Morgan fingerprint density at radius 1 is 1.28 bits per heavy atom. The van der Waals surface area contributed by atoms with Crippen LogP contribution in [0.1, 0.15) is 37.0 Å². The van der Waals surface area contributed by atoms with Crippen LogP contribution >= 0.6 is 0 Å². The average molecular weight is 245 g/mol. The summed E-state index contributed by atoms with van der Waals surface area (Å²) in [5.74, 6) is 1.71. The normalized spacial score (nSPS) is 12.6. The van der Waals surface area contributed by atoms with E-state index in [9.17, 15) is 0 Å². The highest BCUT2D eigenvalue weighted by molar-refractivity contribution is 5.18. The van der Waals surface area contributed by atoms with Gasteiger partial charge in [0.2, 0.25) is 5.89 Å². The zero-order chi connectivity index (χ0) is 12.8. The Hall–Kier alpha value is -1.68. The first-order valence-electron chi connectivity index (χ1n) is 6.36. The largest absolute Gasteiger partial charge is 0.339 e. The molecule has 4 nitrogen and oxygen atoms in total. The zero-order valence-corrected chi connectivity index (χ0v) is 10.9. The third-order valence-electron chi connectivity index (χ3n) is 2.81. The number of hydrogen-bond acceptors (Lipinski definition) is 4. The number of likely N-dealkylation sites (N-methyl/N-ethyl adjacent to an activating group) is 1. The predicted molar refractivity (Wildman–Crippen MR) is 70.5 cm³/mol. The van der Waals surface area contributed by atoms with Crippen LogP contribution in [-0.4, -0.2) is 23.2 Å². The lowest BCUT2D eigenvalue weighted by atomic mass is 10.1. The molecule has 1 atom stereocenters. The Labute approximate surface area is 107 Å². The van der Waals surface area contributed by atoms with Crippen LogP contribution in [0.5, 0.6) is 0 Å². The Morgan fingerprint density at radius 3 is 2.78 bits per heavy atom. The molecule has 0 bridgehead atoms. The molecule has 1 heterocycles. The van der Waals surface area contributed by atoms with Crippen molar-refractivity contribution in [2.75, 3.05) is 13.1 Å². The highest BCUT2D eigenvalue weighted by Crippen LogP contribution is 2.13. The quantitative estimate of drug-likeness (QED) is 0.849. The molecule has 4 heteroatoms. The molecule has 0 aliphatic heterocycles. The van der Waals surface area contributed by atoms with Gasteiger partial charge < -0.3 is 9.84 Å². The summed E-state index contributed by atoms with van der Waals surface area (Å²) in [4.78, 5) is 4.44. The first-order chi connectivity index (χ1) is 8.79. The standard InChI is InChI=1S/C14H19N3O/c1-3-15-10-11(2)14-16-13(17-18-14)9-12-7-5-4-6-8-12/h4-8,11,15H,3,9-10H2,1-2H3. The maximum Gasteiger partial charge on any atom is 0.230 e. The second-order valence-electron chi connectivity index (χ2n) is 4.42. The minimum absolute atomic E-state index is 0.252. The summed E-state index contributed by atoms with van der Waals surface area (Å²) in [5, 5.41) is 7.30. The number of benzene rings is 1. The van der Waals surface area contributed by atoms with E-state index in [1.165, 1.54) is 5.56 Å². The Bertz CT molecular complexity index is 467. The van der Waals surface area contributed by atoms with Crippen molar-refractivity contribution in [2.45, 2.75) is 26.2 Å². The number of nitrogens with zero attached hydrogens (tertiary/aromatic N) is 2. The van der Waals surface area contributed by atoms with Crippen LogP contribution in [0.2, 0.25) is 0 Å². The van der Waals surface area contributed by atoms with E-state index in [-0.39, 0.29) is 5.92 Å². The van der Waals surface area contributed by atoms with Crippen LogP contribution in [0.3, 0.4) is 0 Å². The molecule has 1 aromatic carbocycles. The molecule has 1 aromatic heterocycles. The number of aromatic nitrogens is 2. The molecular weight excluding hydrogens is 226 g/mol. The second-order valence-corrected chi connectivity index (χ2v) is 4.42. The van der Waals surface area contributed by atoms with Crippen molar-refractivity contribution >= 4 is 0 Å². The van der Waals surface area contributed by atoms with E-state index in [2.05, 4.69) is 41.4 Å². The molecule has 1 N–H and O–H groups in total. The molecule has 0 spiro atoms. The number of rotatable bonds is 6. The predicted octanol–water partition coefficient (Wildman–Crippen LogP) is 2.37. The van der Waals surface area contributed by atoms with Crippen LogP contribution < -0.4 is 5.32 Å². The highest BCUT2D eigenvalue weighted by atomic mass is 16.5. The second kappa shape index (κ2) is 6.31. The van der Waals surface area contributed by atoms with Gasteiger partial charge in [0.15, 0.2) is 5.82 Å². The summed E-state index contributed by atoms with van der Waals surface area (Å²) in [7, 11) is 0. The van der Waals surface area contributed by atoms with E-state index in [1.807, 2.05) is 18.2 Å². The summed E-state index contributed by atoms with van der Waals surface area (Å²) in [6.07, 6.45) is 0.721. The maximum atomic E-state index is 5.29. The van der Waals surface area contributed by atoms with Gasteiger partial charge in [-0.3, -0.25) is 0 Å². The molecule has 0 saturated heterocycles. The van der Waals surface area contributed by atoms with Crippen molar-refractivity contribution in [3.8, 4) is 0 Å². The Kier molecular flexibility index (Phi) is 4.47. The van der Waals surface area contributed by atoms with Gasteiger partial charge in [0, 0.05) is 18.9 Å². The highest BCUT2D eigenvalue weighted by Gasteiger charge is 2.13. The summed E-state index contributed by atoms with van der Waals surface area (Å²) in [6.45, 7) is 5.99. The van der Waals surface area contributed by atoms with E-state index in [0.29, 0.717) is 5.89 Å². The molecule has 0 amide bonds. The maximum absolute atomic E-state index is 5.29. The topological polar surface area (TPSA) is 51.0 Å². The molecule has 96 valence electrons. The van der Waals surface area contributed by atoms with Crippen LogP contribution in [-0.2, 0) is 6.42 Å². The molecule has 0 aliphatic carbocycles. The van der Waals surface area contributed by atoms with E-state index in [0.717, 1.165) is 25.3 Å². The zero-order valence-electron chi connectivity index (χ0n) is 10.9. The van der Waals surface area contributed by atoms with Gasteiger partial charge in [-0.2, -0.15) is 4.98 Å². The SMILES string of the molecule is CCNCC(C)c1nc(Cc2ccccc2)no1. The van der Waals surface area contributed by atoms with E-state index in [1.54, 1.807) is 0 Å². The van der Waals surface area contributed by atoms with Gasteiger partial charge >= 0.3 is 0 Å². The van der Waals surface area contributed by atoms with Gasteiger partial charge in [0.1, 0.15) is 0 Å². The van der Waals surface area contributed by atoms with Gasteiger partial charge in [-0.1, -0.05) is 49.3 Å². The molecule has 0 aliphatic rings. The van der Waals surface area contributed by atoms with Crippen molar-refractivity contribution < 1.29 is 4.52 Å². The van der Waals surface area contributed by atoms with E-state index < -0.39 is 0 Å². The van der Waals surface area contributed by atoms with Crippen molar-refractivity contribution in [1.29, 1.82) is 0 Å². The third-order valence-corrected chi connectivity index (χ3v) is 2.81. The van der Waals surface area contributed by atoms with Crippen LogP contribution in [0.25, 0.3) is 0 Å². The van der Waals surface area contributed by atoms with Gasteiger partial charge in [-0.25, -0.2) is 0 Å². The molecule has 2 aromatic rings. The van der Waals surface area contributed by atoms with Crippen molar-refractivity contribution in [2.24, 2.45) is 0 Å². The Morgan fingerprint density at radius 2 is 2.06 bits per heavy atom. The molecule has 0 radical (unpaired) electrons. The molecule has 18 heavy (non-hydrogen) atoms. The monoisotopic (exact) mass is 245 g/mol. The Balaban J connectivity index is 1.98. The summed E-state index contributed by atoms with van der Waals surface area (Å²) in [5.41, 5.74) is 1.20. The van der Waals surface area contributed by atoms with Crippen molar-refractivity contribution in [3.63, 3.8) is 0 Å². The number of nitrogens with one attached hydrogen (secondary N) is 1. The molecular formula is C14H19N3O. The summed E-state index contributed by atoms with van der Waals surface area (Å²) < 4.78 is 5.29. The fourth-order valence-corrected chi connectivity index (χ4v) is 1.77. The minimum Gasteiger partial charge on any atom is -0.339 e. The third kappa shape index (κ3) is 3.40. The average Bonchev–Trinajstić information content (AvgIpc) is 2.86. The summed E-state index contributed by atoms with van der Waals surface area (Å²) in [6, 6.07) is 10.2. The van der Waals surface area contributed by atoms with Crippen LogP contribution in [0.4, 0.5) is 0 Å². The minimum atomic E-state index is 0.252. The fraction of sp³-hybridized carbons (Fsp3) is 0.429. The van der Waals surface area contributed by atoms with Gasteiger partial charge in [0.25, 0.3) is 0 Å². The van der Waals surface area contributed by atoms with Crippen molar-refractivity contribution in [1.82, 2.24) is 15.5 Å². The van der Waals surface area contributed by atoms with Crippen molar-refractivity contribution in [3.05, 3.63) is 47.6 Å². The van der Waals surface area contributed by atoms with E-state index >= 15 is 0 Å². The molecule has 1 unspecified atom stereocenters. The smallest absolute Gasteiger partial charge is 0.230 e.